The van der Waals surface area contributed by atoms with E-state index in [-0.39, 0.29) is 5.91 Å². The van der Waals surface area contributed by atoms with E-state index in [2.05, 4.69) is 57.2 Å². The van der Waals surface area contributed by atoms with Gasteiger partial charge in [0.05, 0.1) is 0 Å². The summed E-state index contributed by atoms with van der Waals surface area (Å²) in [4.78, 5) is 15.2. The molecule has 144 valence electrons. The van der Waals surface area contributed by atoms with Crippen molar-refractivity contribution >= 4 is 11.6 Å². The molecule has 0 bridgehead atoms. The van der Waals surface area contributed by atoms with E-state index in [1.54, 1.807) is 0 Å². The lowest BCUT2D eigenvalue weighted by Gasteiger charge is -2.27. The van der Waals surface area contributed by atoms with Crippen LogP contribution in [0.1, 0.15) is 33.9 Å². The molecule has 0 heterocycles. The Balaban J connectivity index is 1.89. The highest BCUT2D eigenvalue weighted by Crippen LogP contribution is 2.23. The zero-order chi connectivity index (χ0) is 20.1. The van der Waals surface area contributed by atoms with Crippen LogP contribution in [-0.4, -0.2) is 12.5 Å². The van der Waals surface area contributed by atoms with Gasteiger partial charge in [-0.2, -0.15) is 0 Å². The van der Waals surface area contributed by atoms with E-state index in [1.165, 1.54) is 22.3 Å². The smallest absolute Gasteiger partial charge is 0.248 e. The zero-order valence-electron chi connectivity index (χ0n) is 16.9. The molecule has 2 N–H and O–H groups in total. The summed E-state index contributed by atoms with van der Waals surface area (Å²) in [6.45, 7) is 6.82. The van der Waals surface area contributed by atoms with Gasteiger partial charge in [-0.25, -0.2) is 0 Å². The van der Waals surface area contributed by atoms with Gasteiger partial charge in [0.1, 0.15) is 6.04 Å². The van der Waals surface area contributed by atoms with E-state index in [4.69, 9.17) is 5.73 Å². The SMILES string of the molecule is Cc1cccc(CCN(C(=O)C(N)c2ccccc2)c2ccc(C)c(C)c2)c1. The van der Waals surface area contributed by atoms with E-state index in [0.717, 1.165) is 17.7 Å². The van der Waals surface area contributed by atoms with E-state index < -0.39 is 6.04 Å². The zero-order valence-corrected chi connectivity index (χ0v) is 16.9. The van der Waals surface area contributed by atoms with Crippen LogP contribution in [0.4, 0.5) is 5.69 Å². The van der Waals surface area contributed by atoms with Crippen molar-refractivity contribution in [2.24, 2.45) is 5.73 Å². The van der Waals surface area contributed by atoms with Crippen LogP contribution in [0.15, 0.2) is 72.8 Å². The van der Waals surface area contributed by atoms with Crippen molar-refractivity contribution in [2.45, 2.75) is 33.2 Å². The fraction of sp³-hybridized carbons (Fsp3) is 0.240. The fourth-order valence-electron chi connectivity index (χ4n) is 3.34. The Morgan fingerprint density at radius 2 is 1.64 bits per heavy atom. The monoisotopic (exact) mass is 372 g/mol. The highest BCUT2D eigenvalue weighted by Gasteiger charge is 2.24. The van der Waals surface area contributed by atoms with Gasteiger partial charge in [0.15, 0.2) is 0 Å². The van der Waals surface area contributed by atoms with E-state index in [1.807, 2.05) is 41.3 Å². The van der Waals surface area contributed by atoms with E-state index >= 15 is 0 Å². The standard InChI is InChI=1S/C25H28N2O/c1-18-8-7-9-21(16-18)14-15-27(23-13-12-19(2)20(3)17-23)25(28)24(26)22-10-5-4-6-11-22/h4-13,16-17,24H,14-15,26H2,1-3H3. The number of rotatable bonds is 6. The van der Waals surface area contributed by atoms with Crippen LogP contribution in [0.5, 0.6) is 0 Å². The Bertz CT molecular complexity index is 950. The normalized spacial score (nSPS) is 11.9. The van der Waals surface area contributed by atoms with Crippen molar-refractivity contribution in [1.82, 2.24) is 0 Å². The van der Waals surface area contributed by atoms with Crippen molar-refractivity contribution in [3.63, 3.8) is 0 Å². The first kappa shape index (κ1) is 19.8. The van der Waals surface area contributed by atoms with Gasteiger partial charge >= 0.3 is 0 Å². The minimum atomic E-state index is -0.680. The number of benzene rings is 3. The molecule has 1 unspecified atom stereocenters. The number of aryl methyl sites for hydroxylation is 3. The molecule has 0 saturated heterocycles. The largest absolute Gasteiger partial charge is 0.316 e. The molecule has 3 nitrogen and oxygen atoms in total. The summed E-state index contributed by atoms with van der Waals surface area (Å²) in [5.74, 6) is -0.0814. The Labute approximate surface area is 167 Å². The molecule has 3 rings (SSSR count). The molecule has 28 heavy (non-hydrogen) atoms. The molecule has 0 radical (unpaired) electrons. The molecule has 1 amide bonds. The average Bonchev–Trinajstić information content (AvgIpc) is 2.70. The number of carbonyl (C=O) groups is 1. The molecule has 3 heteroatoms. The summed E-state index contributed by atoms with van der Waals surface area (Å²) >= 11 is 0. The summed E-state index contributed by atoms with van der Waals surface area (Å²) in [6, 6.07) is 23.4. The first-order valence-electron chi connectivity index (χ1n) is 9.70. The second kappa shape index (κ2) is 8.85. The number of hydrogen-bond donors (Lipinski definition) is 1. The first-order chi connectivity index (χ1) is 13.5. The van der Waals surface area contributed by atoms with Crippen molar-refractivity contribution in [2.75, 3.05) is 11.4 Å². The highest BCUT2D eigenvalue weighted by atomic mass is 16.2. The van der Waals surface area contributed by atoms with Crippen LogP contribution >= 0.6 is 0 Å². The summed E-state index contributed by atoms with van der Waals surface area (Å²) in [5.41, 5.74) is 12.9. The lowest BCUT2D eigenvalue weighted by atomic mass is 10.0. The Kier molecular flexibility index (Phi) is 6.27. The Morgan fingerprint density at radius 1 is 0.893 bits per heavy atom. The van der Waals surface area contributed by atoms with Gasteiger partial charge in [-0.1, -0.05) is 66.2 Å². The van der Waals surface area contributed by atoms with Crippen LogP contribution in [0.2, 0.25) is 0 Å². The number of hydrogen-bond acceptors (Lipinski definition) is 2. The molecule has 0 fully saturated rings. The van der Waals surface area contributed by atoms with Gasteiger partial charge in [0, 0.05) is 12.2 Å². The van der Waals surface area contributed by atoms with Gasteiger partial charge in [0.25, 0.3) is 0 Å². The lowest BCUT2D eigenvalue weighted by Crippen LogP contribution is -2.40. The van der Waals surface area contributed by atoms with Gasteiger partial charge in [-0.3, -0.25) is 4.79 Å². The number of anilines is 1. The molecule has 0 aliphatic rings. The second-order valence-corrected chi connectivity index (χ2v) is 7.39. The second-order valence-electron chi connectivity index (χ2n) is 7.39. The predicted octanol–water partition coefficient (Wildman–Crippen LogP) is 4.89. The summed E-state index contributed by atoms with van der Waals surface area (Å²) in [7, 11) is 0. The van der Waals surface area contributed by atoms with Gasteiger partial charge in [-0.05, 0) is 61.6 Å². The molecular formula is C25H28N2O. The van der Waals surface area contributed by atoms with E-state index in [0.29, 0.717) is 6.54 Å². The molecule has 0 aromatic heterocycles. The summed E-state index contributed by atoms with van der Waals surface area (Å²) in [6.07, 6.45) is 0.780. The minimum absolute atomic E-state index is 0.0814. The van der Waals surface area contributed by atoms with Crippen LogP contribution in [0, 0.1) is 20.8 Å². The molecule has 3 aromatic rings. The molecule has 0 aliphatic carbocycles. The van der Waals surface area contributed by atoms with Crippen LogP contribution in [0.3, 0.4) is 0 Å². The number of carbonyl (C=O) groups excluding carboxylic acids is 1. The van der Waals surface area contributed by atoms with Crippen LogP contribution < -0.4 is 10.6 Å². The third-order valence-electron chi connectivity index (χ3n) is 5.20. The van der Waals surface area contributed by atoms with Gasteiger partial charge in [0.2, 0.25) is 5.91 Å². The Morgan fingerprint density at radius 3 is 2.32 bits per heavy atom. The summed E-state index contributed by atoms with van der Waals surface area (Å²) in [5, 5.41) is 0. The number of nitrogens with two attached hydrogens (primary N) is 1. The molecule has 1 atom stereocenters. The predicted molar refractivity (Wildman–Crippen MR) is 117 cm³/mol. The third-order valence-corrected chi connectivity index (χ3v) is 5.20. The maximum atomic E-state index is 13.3. The quantitative estimate of drug-likeness (QED) is 0.670. The van der Waals surface area contributed by atoms with Crippen LogP contribution in [0.25, 0.3) is 0 Å². The minimum Gasteiger partial charge on any atom is -0.316 e. The maximum absolute atomic E-state index is 13.3. The number of nitrogens with zero attached hydrogens (tertiary/aromatic N) is 1. The van der Waals surface area contributed by atoms with Gasteiger partial charge in [-0.15, -0.1) is 0 Å². The van der Waals surface area contributed by atoms with Crippen molar-refractivity contribution < 1.29 is 4.79 Å². The van der Waals surface area contributed by atoms with Crippen molar-refractivity contribution in [3.05, 3.63) is 101 Å². The molecular weight excluding hydrogens is 344 g/mol. The first-order valence-corrected chi connectivity index (χ1v) is 9.70. The van der Waals surface area contributed by atoms with Crippen molar-refractivity contribution in [1.29, 1.82) is 0 Å². The molecule has 0 saturated carbocycles. The molecule has 0 spiro atoms. The summed E-state index contributed by atoms with van der Waals surface area (Å²) < 4.78 is 0. The molecule has 3 aromatic carbocycles. The topological polar surface area (TPSA) is 46.3 Å². The van der Waals surface area contributed by atoms with Gasteiger partial charge < -0.3 is 10.6 Å². The van der Waals surface area contributed by atoms with Crippen molar-refractivity contribution in [3.8, 4) is 0 Å². The Hall–Kier alpha value is -2.91. The third kappa shape index (κ3) is 4.68. The van der Waals surface area contributed by atoms with Crippen LogP contribution in [-0.2, 0) is 11.2 Å². The highest BCUT2D eigenvalue weighted by molar-refractivity contribution is 5.97. The average molecular weight is 373 g/mol. The lowest BCUT2D eigenvalue weighted by molar-refractivity contribution is -0.120. The maximum Gasteiger partial charge on any atom is 0.248 e. The molecule has 0 aliphatic heterocycles. The van der Waals surface area contributed by atoms with E-state index in [9.17, 15) is 4.79 Å². The fourth-order valence-corrected chi connectivity index (χ4v) is 3.34. The number of amides is 1.